The molecule has 1 fully saturated rings. The van der Waals surface area contributed by atoms with Crippen LogP contribution in [0.2, 0.25) is 0 Å². The van der Waals surface area contributed by atoms with Crippen LogP contribution in [0, 0.1) is 0 Å². The average molecular weight is 306 g/mol. The highest BCUT2D eigenvalue weighted by Gasteiger charge is 2.39. The average Bonchev–Trinajstić information content (AvgIpc) is 2.47. The molecule has 1 aromatic rings. The maximum Gasteiger partial charge on any atom is 0.491 e. The number of benzene rings is 1. The lowest BCUT2D eigenvalue weighted by atomic mass is 9.76. The Bertz CT molecular complexity index is 479. The minimum absolute atomic E-state index is 0.691. The molecular formula is C16H27BN2O3. The lowest BCUT2D eigenvalue weighted by Crippen LogP contribution is -2.53. The highest BCUT2D eigenvalue weighted by molar-refractivity contribution is 6.60. The Morgan fingerprint density at radius 1 is 1.09 bits per heavy atom. The molecule has 122 valence electrons. The van der Waals surface area contributed by atoms with Crippen molar-refractivity contribution in [3.05, 3.63) is 24.3 Å². The van der Waals surface area contributed by atoms with Crippen molar-refractivity contribution >= 4 is 18.3 Å². The molecule has 0 atom stereocenters. The Hall–Kier alpha value is -1.08. The molecule has 1 aromatic carbocycles. The molecule has 1 saturated heterocycles. The first-order valence-corrected chi connectivity index (χ1v) is 7.84. The first kappa shape index (κ1) is 17.3. The molecule has 0 aliphatic carbocycles. The van der Waals surface area contributed by atoms with Crippen LogP contribution in [0.4, 0.5) is 5.69 Å². The summed E-state index contributed by atoms with van der Waals surface area (Å²) in [5, 5.41) is 23.7. The Labute approximate surface area is 133 Å². The summed E-state index contributed by atoms with van der Waals surface area (Å²) in [7, 11) is -1.06. The number of anilines is 1. The van der Waals surface area contributed by atoms with Crippen molar-refractivity contribution in [3.63, 3.8) is 0 Å². The van der Waals surface area contributed by atoms with E-state index in [0.29, 0.717) is 5.46 Å². The number of hydrogen-bond acceptors (Lipinski definition) is 5. The lowest BCUT2D eigenvalue weighted by molar-refractivity contribution is -0.0982. The van der Waals surface area contributed by atoms with Crippen LogP contribution in [0.3, 0.4) is 0 Å². The van der Waals surface area contributed by atoms with E-state index in [0.717, 1.165) is 31.9 Å². The molecule has 2 rings (SSSR count). The van der Waals surface area contributed by atoms with Gasteiger partial charge in [0.05, 0.1) is 11.2 Å². The van der Waals surface area contributed by atoms with Crippen LogP contribution in [0.25, 0.3) is 0 Å². The van der Waals surface area contributed by atoms with Crippen LogP contribution in [-0.2, 0) is 4.65 Å². The molecular weight excluding hydrogens is 279 g/mol. The molecule has 0 spiro atoms. The summed E-state index contributed by atoms with van der Waals surface area (Å²) in [5.74, 6) is 0. The van der Waals surface area contributed by atoms with Gasteiger partial charge >= 0.3 is 7.12 Å². The summed E-state index contributed by atoms with van der Waals surface area (Å²) in [6.07, 6.45) is 0. The van der Waals surface area contributed by atoms with Gasteiger partial charge in [-0.2, -0.15) is 0 Å². The fourth-order valence-corrected chi connectivity index (χ4v) is 2.26. The van der Waals surface area contributed by atoms with Gasteiger partial charge in [-0.15, -0.1) is 0 Å². The van der Waals surface area contributed by atoms with Crippen molar-refractivity contribution in [1.82, 2.24) is 5.32 Å². The third-order valence-electron chi connectivity index (χ3n) is 4.54. The largest absolute Gasteiger partial charge is 0.491 e. The molecule has 1 heterocycles. The van der Waals surface area contributed by atoms with Gasteiger partial charge in [0, 0.05) is 31.9 Å². The highest BCUT2D eigenvalue weighted by atomic mass is 16.5. The molecule has 0 radical (unpaired) electrons. The number of piperazine rings is 1. The topological polar surface area (TPSA) is 65.0 Å². The van der Waals surface area contributed by atoms with E-state index in [9.17, 15) is 10.1 Å². The molecule has 0 aromatic heterocycles. The first-order valence-electron chi connectivity index (χ1n) is 7.84. The number of nitrogens with one attached hydrogen (secondary N) is 1. The van der Waals surface area contributed by atoms with Gasteiger partial charge in [0.1, 0.15) is 0 Å². The first-order chi connectivity index (χ1) is 10.2. The molecule has 5 nitrogen and oxygen atoms in total. The Morgan fingerprint density at radius 3 is 2.14 bits per heavy atom. The summed E-state index contributed by atoms with van der Waals surface area (Å²) in [4.78, 5) is 2.31. The number of aliphatic hydroxyl groups is 1. The van der Waals surface area contributed by atoms with E-state index < -0.39 is 18.3 Å². The van der Waals surface area contributed by atoms with Gasteiger partial charge in [0.2, 0.25) is 0 Å². The van der Waals surface area contributed by atoms with E-state index in [1.165, 1.54) is 0 Å². The second-order valence-corrected chi connectivity index (χ2v) is 6.87. The van der Waals surface area contributed by atoms with Crippen molar-refractivity contribution in [2.24, 2.45) is 0 Å². The Kier molecular flexibility index (Phi) is 5.17. The highest BCUT2D eigenvalue weighted by Crippen LogP contribution is 2.25. The van der Waals surface area contributed by atoms with Crippen molar-refractivity contribution in [3.8, 4) is 0 Å². The Morgan fingerprint density at radius 2 is 1.64 bits per heavy atom. The summed E-state index contributed by atoms with van der Waals surface area (Å²) in [6.45, 7) is 10.9. The molecule has 1 aliphatic rings. The second kappa shape index (κ2) is 6.58. The zero-order valence-corrected chi connectivity index (χ0v) is 14.0. The van der Waals surface area contributed by atoms with Gasteiger partial charge in [-0.05, 0) is 45.3 Å². The van der Waals surface area contributed by atoms with E-state index >= 15 is 0 Å². The van der Waals surface area contributed by atoms with Crippen LogP contribution in [0.1, 0.15) is 27.7 Å². The normalized spacial score (nSPS) is 16.7. The van der Waals surface area contributed by atoms with Gasteiger partial charge in [-0.1, -0.05) is 12.1 Å². The van der Waals surface area contributed by atoms with Crippen LogP contribution in [0.5, 0.6) is 0 Å². The van der Waals surface area contributed by atoms with Gasteiger partial charge in [-0.25, -0.2) is 0 Å². The van der Waals surface area contributed by atoms with E-state index in [4.69, 9.17) is 4.65 Å². The van der Waals surface area contributed by atoms with E-state index in [-0.39, 0.29) is 0 Å². The summed E-state index contributed by atoms with van der Waals surface area (Å²) >= 11 is 0. The Balaban J connectivity index is 2.03. The second-order valence-electron chi connectivity index (χ2n) is 6.87. The van der Waals surface area contributed by atoms with Crippen molar-refractivity contribution in [2.45, 2.75) is 38.9 Å². The maximum absolute atomic E-state index is 10.3. The van der Waals surface area contributed by atoms with E-state index in [2.05, 4.69) is 10.2 Å². The fraction of sp³-hybridized carbons (Fsp3) is 0.625. The van der Waals surface area contributed by atoms with Gasteiger partial charge in [-0.3, -0.25) is 0 Å². The summed E-state index contributed by atoms with van der Waals surface area (Å²) < 4.78 is 5.66. The van der Waals surface area contributed by atoms with Crippen LogP contribution >= 0.6 is 0 Å². The van der Waals surface area contributed by atoms with Crippen LogP contribution in [0.15, 0.2) is 24.3 Å². The van der Waals surface area contributed by atoms with Gasteiger partial charge in [0.15, 0.2) is 0 Å². The molecule has 22 heavy (non-hydrogen) atoms. The minimum atomic E-state index is -1.06. The molecule has 6 heteroatoms. The quantitative estimate of drug-likeness (QED) is 0.685. The number of hydrogen-bond donors (Lipinski definition) is 3. The minimum Gasteiger partial charge on any atom is -0.423 e. The molecule has 0 saturated carbocycles. The molecule has 3 N–H and O–H groups in total. The molecule has 0 bridgehead atoms. The van der Waals surface area contributed by atoms with Crippen LogP contribution in [-0.4, -0.2) is 54.6 Å². The maximum atomic E-state index is 10.3. The van der Waals surface area contributed by atoms with E-state index in [1.807, 2.05) is 24.3 Å². The van der Waals surface area contributed by atoms with Crippen molar-refractivity contribution in [2.75, 3.05) is 31.1 Å². The lowest BCUT2D eigenvalue weighted by Gasteiger charge is -2.38. The fourth-order valence-electron chi connectivity index (χ4n) is 2.26. The summed E-state index contributed by atoms with van der Waals surface area (Å²) in [6, 6.07) is 7.76. The monoisotopic (exact) mass is 306 g/mol. The van der Waals surface area contributed by atoms with Crippen molar-refractivity contribution in [1.29, 1.82) is 0 Å². The zero-order chi connectivity index (χ0) is 16.4. The van der Waals surface area contributed by atoms with Crippen LogP contribution < -0.4 is 15.7 Å². The predicted octanol–water partition coefficient (Wildman–Crippen LogP) is 0.350. The van der Waals surface area contributed by atoms with Gasteiger partial charge in [0.25, 0.3) is 0 Å². The third-order valence-corrected chi connectivity index (χ3v) is 4.54. The van der Waals surface area contributed by atoms with Crippen molar-refractivity contribution < 1.29 is 14.8 Å². The van der Waals surface area contributed by atoms with Gasteiger partial charge < -0.3 is 25.0 Å². The molecule has 1 aliphatic heterocycles. The number of nitrogens with zero attached hydrogens (tertiary/aromatic N) is 1. The van der Waals surface area contributed by atoms with E-state index in [1.54, 1.807) is 27.7 Å². The third kappa shape index (κ3) is 4.01. The zero-order valence-electron chi connectivity index (χ0n) is 14.0. The predicted molar refractivity (Wildman–Crippen MR) is 90.6 cm³/mol. The molecule has 0 amide bonds. The standard InChI is InChI=1S/C16H27BN2O3/c1-15(2,20)16(3,4)22-17(21)13-5-7-14(8-6-13)19-11-9-18-10-12-19/h5-8,18,20-21H,9-12H2,1-4H3. The SMILES string of the molecule is CC(C)(O)C(C)(C)OB(O)c1ccc(N2CCNCC2)cc1. The number of rotatable bonds is 5. The molecule has 0 unspecified atom stereocenters. The summed E-state index contributed by atoms with van der Waals surface area (Å²) in [5.41, 5.74) is -0.0614. The smallest absolute Gasteiger partial charge is 0.423 e.